The van der Waals surface area contributed by atoms with Gasteiger partial charge in [0.25, 0.3) is 0 Å². The topological polar surface area (TPSA) is 12.0 Å². The Morgan fingerprint density at radius 2 is 2.09 bits per heavy atom. The second-order valence-corrected chi connectivity index (χ2v) is 2.68. The summed E-state index contributed by atoms with van der Waals surface area (Å²) < 4.78 is 0. The smallest absolute Gasteiger partial charge is 0.138 e. The van der Waals surface area contributed by atoms with Gasteiger partial charge in [-0.3, -0.25) is 0 Å². The van der Waals surface area contributed by atoms with Gasteiger partial charge in [0, 0.05) is 5.69 Å². The first-order valence-electron chi connectivity index (χ1n) is 3.45. The minimum atomic E-state index is 1.04. The van der Waals surface area contributed by atoms with Crippen LogP contribution in [0.3, 0.4) is 0 Å². The molecule has 0 spiro atoms. The van der Waals surface area contributed by atoms with E-state index in [1.807, 2.05) is 12.1 Å². The first-order chi connectivity index (χ1) is 5.25. The fourth-order valence-corrected chi connectivity index (χ4v) is 1.05. The highest BCUT2D eigenvalue weighted by Gasteiger charge is 1.96. The zero-order valence-corrected chi connectivity index (χ0v) is 7.46. The molecule has 1 N–H and O–H groups in total. The minimum absolute atomic E-state index is 1.04. The first kappa shape index (κ1) is 8.21. The predicted molar refractivity (Wildman–Crippen MR) is 52.1 cm³/mol. The lowest BCUT2D eigenvalue weighted by Gasteiger charge is -2.05. The van der Waals surface area contributed by atoms with Gasteiger partial charge in [-0.2, -0.15) is 0 Å². The highest BCUT2D eigenvalue weighted by Crippen LogP contribution is 2.16. The van der Waals surface area contributed by atoms with Crippen LogP contribution < -0.4 is 5.32 Å². The third-order valence-electron chi connectivity index (χ3n) is 1.79. The van der Waals surface area contributed by atoms with Crippen molar-refractivity contribution in [2.45, 2.75) is 13.8 Å². The van der Waals surface area contributed by atoms with Crippen LogP contribution in [-0.4, -0.2) is 5.49 Å². The van der Waals surface area contributed by atoms with Crippen molar-refractivity contribution in [1.29, 1.82) is 0 Å². The molecule has 0 saturated heterocycles. The van der Waals surface area contributed by atoms with Gasteiger partial charge in [-0.05, 0) is 31.0 Å². The Bertz CT molecular complexity index is 268. The van der Waals surface area contributed by atoms with E-state index in [1.165, 1.54) is 11.1 Å². The summed E-state index contributed by atoms with van der Waals surface area (Å²) in [6.45, 7) is 4.13. The van der Waals surface area contributed by atoms with Crippen LogP contribution in [0.15, 0.2) is 18.2 Å². The molecule has 1 radical (unpaired) electrons. The van der Waals surface area contributed by atoms with E-state index >= 15 is 0 Å². The summed E-state index contributed by atoms with van der Waals surface area (Å²) in [6.07, 6.45) is 0. The van der Waals surface area contributed by atoms with Crippen LogP contribution in [-0.2, 0) is 0 Å². The molecule has 1 aromatic rings. The first-order valence-corrected chi connectivity index (χ1v) is 3.86. The Labute approximate surface area is 72.4 Å². The van der Waals surface area contributed by atoms with Gasteiger partial charge in [0.1, 0.15) is 5.49 Å². The van der Waals surface area contributed by atoms with Crippen molar-refractivity contribution in [3.05, 3.63) is 29.3 Å². The number of anilines is 1. The van der Waals surface area contributed by atoms with E-state index in [9.17, 15) is 0 Å². The highest BCUT2D eigenvalue weighted by molar-refractivity contribution is 7.79. The number of nitrogens with one attached hydrogen (secondary N) is 1. The predicted octanol–water partition coefficient (Wildman–Crippen LogP) is 2.55. The molecule has 0 fully saturated rings. The average Bonchev–Trinajstić information content (AvgIpc) is 1.99. The fraction of sp³-hybridized carbons (Fsp3) is 0.222. The Balaban J connectivity index is 3.05. The summed E-state index contributed by atoms with van der Waals surface area (Å²) in [5, 5.41) is 2.88. The SMILES string of the molecule is Cc1cccc(N[C]=S)c1C. The number of benzene rings is 1. The molecule has 0 unspecified atom stereocenters. The maximum Gasteiger partial charge on any atom is 0.138 e. The molecule has 0 amide bonds. The molecule has 0 saturated carbocycles. The summed E-state index contributed by atoms with van der Waals surface area (Å²) >= 11 is 4.58. The second-order valence-electron chi connectivity index (χ2n) is 2.47. The summed E-state index contributed by atoms with van der Waals surface area (Å²) in [6, 6.07) is 6.06. The second kappa shape index (κ2) is 3.49. The van der Waals surface area contributed by atoms with Crippen LogP contribution in [0.1, 0.15) is 11.1 Å². The summed E-state index contributed by atoms with van der Waals surface area (Å²) in [4.78, 5) is 0. The summed E-state index contributed by atoms with van der Waals surface area (Å²) in [7, 11) is 0. The van der Waals surface area contributed by atoms with Crippen molar-refractivity contribution < 1.29 is 0 Å². The average molecular weight is 164 g/mol. The molecule has 11 heavy (non-hydrogen) atoms. The van der Waals surface area contributed by atoms with Crippen molar-refractivity contribution in [2.24, 2.45) is 0 Å². The van der Waals surface area contributed by atoms with Crippen LogP contribution in [0, 0.1) is 13.8 Å². The highest BCUT2D eigenvalue weighted by atomic mass is 32.1. The van der Waals surface area contributed by atoms with Crippen LogP contribution in [0.4, 0.5) is 5.69 Å². The van der Waals surface area contributed by atoms with E-state index in [4.69, 9.17) is 0 Å². The van der Waals surface area contributed by atoms with Gasteiger partial charge < -0.3 is 5.32 Å². The van der Waals surface area contributed by atoms with Gasteiger partial charge in [0.15, 0.2) is 0 Å². The van der Waals surface area contributed by atoms with Gasteiger partial charge in [0.05, 0.1) is 0 Å². The number of thiocarbonyl (C=S) groups is 1. The van der Waals surface area contributed by atoms with E-state index in [2.05, 4.69) is 42.9 Å². The molecular weight excluding hydrogens is 154 g/mol. The molecule has 1 aromatic carbocycles. The number of hydrogen-bond donors (Lipinski definition) is 1. The number of aryl methyl sites for hydroxylation is 1. The van der Waals surface area contributed by atoms with Crippen molar-refractivity contribution in [2.75, 3.05) is 5.32 Å². The molecule has 0 bridgehead atoms. The fourth-order valence-electron chi connectivity index (χ4n) is 0.941. The quantitative estimate of drug-likeness (QED) is 0.532. The monoisotopic (exact) mass is 164 g/mol. The van der Waals surface area contributed by atoms with Crippen LogP contribution >= 0.6 is 12.2 Å². The molecule has 57 valence electrons. The molecule has 0 aliphatic heterocycles. The third kappa shape index (κ3) is 1.77. The maximum absolute atomic E-state index is 4.58. The lowest BCUT2D eigenvalue weighted by atomic mass is 10.1. The molecule has 2 heteroatoms. The van der Waals surface area contributed by atoms with E-state index in [1.54, 1.807) is 0 Å². The largest absolute Gasteiger partial charge is 0.344 e. The summed E-state index contributed by atoms with van der Waals surface area (Å²) in [5.74, 6) is 0. The van der Waals surface area contributed by atoms with E-state index in [-0.39, 0.29) is 0 Å². The Kier molecular flexibility index (Phi) is 2.60. The third-order valence-corrected chi connectivity index (χ3v) is 1.89. The zero-order valence-electron chi connectivity index (χ0n) is 6.64. The van der Waals surface area contributed by atoms with Crippen LogP contribution in [0.2, 0.25) is 0 Å². The standard InChI is InChI=1S/C9H10NS/c1-7-4-3-5-9(8(7)2)10-6-11/h3-5H,1-2H3,(H,10,11). The van der Waals surface area contributed by atoms with Gasteiger partial charge in [-0.15, -0.1) is 0 Å². The molecule has 0 aliphatic rings. The van der Waals surface area contributed by atoms with Crippen LogP contribution in [0.5, 0.6) is 0 Å². The molecule has 0 heterocycles. The van der Waals surface area contributed by atoms with Gasteiger partial charge in [-0.1, -0.05) is 24.4 Å². The van der Waals surface area contributed by atoms with Gasteiger partial charge in [-0.25, -0.2) is 0 Å². The number of rotatable bonds is 2. The summed E-state index contributed by atoms with van der Waals surface area (Å²) in [5.41, 5.74) is 6.02. The van der Waals surface area contributed by atoms with E-state index in [0.29, 0.717) is 0 Å². The molecule has 0 atom stereocenters. The molecule has 0 aliphatic carbocycles. The Morgan fingerprint density at radius 3 is 2.73 bits per heavy atom. The minimum Gasteiger partial charge on any atom is -0.344 e. The van der Waals surface area contributed by atoms with Gasteiger partial charge >= 0.3 is 0 Å². The molecular formula is C9H10NS. The Hall–Kier alpha value is -0.890. The zero-order chi connectivity index (χ0) is 8.27. The van der Waals surface area contributed by atoms with Crippen molar-refractivity contribution >= 4 is 23.4 Å². The Morgan fingerprint density at radius 1 is 1.36 bits per heavy atom. The van der Waals surface area contributed by atoms with Crippen LogP contribution in [0.25, 0.3) is 0 Å². The molecule has 1 nitrogen and oxygen atoms in total. The van der Waals surface area contributed by atoms with Crippen molar-refractivity contribution in [3.8, 4) is 0 Å². The lowest BCUT2D eigenvalue weighted by molar-refractivity contribution is 1.34. The maximum atomic E-state index is 4.58. The molecule has 1 rings (SSSR count). The molecule has 0 aromatic heterocycles. The van der Waals surface area contributed by atoms with Gasteiger partial charge in [0.2, 0.25) is 0 Å². The number of hydrogen-bond acceptors (Lipinski definition) is 1. The van der Waals surface area contributed by atoms with E-state index < -0.39 is 0 Å². The van der Waals surface area contributed by atoms with E-state index in [0.717, 1.165) is 5.69 Å². The van der Waals surface area contributed by atoms with Crippen molar-refractivity contribution in [3.63, 3.8) is 0 Å². The van der Waals surface area contributed by atoms with Crippen molar-refractivity contribution in [1.82, 2.24) is 0 Å². The normalized spacial score (nSPS) is 9.27. The lowest BCUT2D eigenvalue weighted by Crippen LogP contribution is -1.95.